The van der Waals surface area contributed by atoms with Gasteiger partial charge in [0.25, 0.3) is 20.1 Å². The third-order valence-corrected chi connectivity index (χ3v) is 28.1. The lowest BCUT2D eigenvalue weighted by molar-refractivity contribution is 0.464. The highest BCUT2D eigenvalue weighted by molar-refractivity contribution is 7.27. The number of ether oxygens (including phenoxy) is 6. The zero-order valence-electron chi connectivity index (χ0n) is 64.3. The van der Waals surface area contributed by atoms with E-state index in [-0.39, 0.29) is 20.1 Å². The Balaban J connectivity index is 0.0000000997. The van der Waals surface area contributed by atoms with E-state index >= 15 is 0 Å². The number of thiophene rings is 3. The Labute approximate surface area is 704 Å². The molecule has 21 aromatic rings. The number of hydrogen-bond acceptors (Lipinski definition) is 9. The third-order valence-electron chi connectivity index (χ3n) is 24.6. The Kier molecular flexibility index (Phi) is 15.8. The summed E-state index contributed by atoms with van der Waals surface area (Å²) in [7, 11) is 0. The first-order valence-electron chi connectivity index (χ1n) is 40.6. The third kappa shape index (κ3) is 11.3. The minimum absolute atomic E-state index is 0.0887. The molecule has 558 valence electrons. The fourth-order valence-electron chi connectivity index (χ4n) is 19.1. The van der Waals surface area contributed by atoms with Crippen LogP contribution in [0.4, 0.5) is 0 Å². The van der Waals surface area contributed by atoms with Crippen molar-refractivity contribution in [2.24, 2.45) is 0 Å². The van der Waals surface area contributed by atoms with Crippen molar-refractivity contribution >= 4 is 164 Å². The Bertz CT molecular complexity index is 7650. The zero-order valence-corrected chi connectivity index (χ0v) is 66.7. The van der Waals surface area contributed by atoms with Crippen molar-refractivity contribution in [2.45, 2.75) is 0 Å². The standard InChI is InChI=1S/3C36H21BO2S/c1-6-18-34-26(11-1)27-13-8-12-25(36(27)40-34)23-10-7-9-22(19-23)24-20-32-35-33(21-24)39-31-17-5-3-15-29(31)37(35)28-14-2-4-16-30(28)38-32;1-6-15-34-26(10-1)27-19-24(16-17-35(27)40-34)22-8-7-9-23(18-22)25-20-32-36-33(21-25)39-31-14-5-3-12-29(31)37(36)28-11-2-4-13-30(28)38-32;1-6-12-34-26(7-1)27-19-24(17-18-35(27)40-34)22-13-15-23(16-14-22)25-20-32-36-33(21-25)39-31-11-5-3-9-29(31)37(36)28-8-2-4-10-30(28)38-32/h3*1-21H. The molecule has 6 nitrogen and oxygen atoms in total. The number of fused-ring (bicyclic) bond motifs is 21. The van der Waals surface area contributed by atoms with Gasteiger partial charge in [0, 0.05) is 76.9 Å². The van der Waals surface area contributed by atoms with Gasteiger partial charge in [0.15, 0.2) is 0 Å². The molecule has 0 unspecified atom stereocenters. The van der Waals surface area contributed by atoms with E-state index in [4.69, 9.17) is 28.4 Å². The molecular weight excluding hydrogens is 1520 g/mol. The first-order valence-corrected chi connectivity index (χ1v) is 43.1. The first kappa shape index (κ1) is 68.8. The molecule has 18 aromatic carbocycles. The van der Waals surface area contributed by atoms with Crippen molar-refractivity contribution in [2.75, 3.05) is 0 Å². The molecule has 120 heavy (non-hydrogen) atoms. The van der Waals surface area contributed by atoms with Gasteiger partial charge in [-0.2, -0.15) is 0 Å². The normalized spacial score (nSPS) is 12.8. The molecule has 9 heterocycles. The molecule has 0 amide bonds. The van der Waals surface area contributed by atoms with Crippen LogP contribution in [0.1, 0.15) is 0 Å². The van der Waals surface area contributed by atoms with Crippen LogP contribution in [0, 0.1) is 0 Å². The summed E-state index contributed by atoms with van der Waals surface area (Å²) in [5, 5.41) is 7.90. The minimum atomic E-state index is 0.0887. The number of hydrogen-bond donors (Lipinski definition) is 0. The second-order valence-electron chi connectivity index (χ2n) is 31.4. The van der Waals surface area contributed by atoms with Crippen LogP contribution in [-0.2, 0) is 0 Å². The maximum Gasteiger partial charge on any atom is 0.260 e. The lowest BCUT2D eigenvalue weighted by atomic mass is 9.35. The van der Waals surface area contributed by atoms with Gasteiger partial charge in [-0.1, -0.05) is 255 Å². The fourth-order valence-corrected chi connectivity index (χ4v) is 22.5. The minimum Gasteiger partial charge on any atom is -0.458 e. The van der Waals surface area contributed by atoms with Gasteiger partial charge in [0.2, 0.25) is 0 Å². The van der Waals surface area contributed by atoms with Gasteiger partial charge in [-0.3, -0.25) is 0 Å². The predicted molar refractivity (Wildman–Crippen MR) is 504 cm³/mol. The summed E-state index contributed by atoms with van der Waals surface area (Å²) in [6.07, 6.45) is 0. The van der Waals surface area contributed by atoms with Crippen molar-refractivity contribution in [3.05, 3.63) is 382 Å². The molecule has 0 spiro atoms. The van der Waals surface area contributed by atoms with Crippen LogP contribution >= 0.6 is 34.0 Å². The maximum absolute atomic E-state index is 6.53. The van der Waals surface area contributed by atoms with Crippen molar-refractivity contribution in [3.63, 3.8) is 0 Å². The largest absolute Gasteiger partial charge is 0.458 e. The van der Waals surface area contributed by atoms with E-state index in [9.17, 15) is 0 Å². The van der Waals surface area contributed by atoms with Crippen LogP contribution in [0.3, 0.4) is 0 Å². The maximum atomic E-state index is 6.53. The Morgan fingerprint density at radius 3 is 0.808 bits per heavy atom. The molecule has 0 saturated heterocycles. The molecule has 0 bridgehead atoms. The summed E-state index contributed by atoms with van der Waals surface area (Å²) in [5.74, 6) is 10.6. The molecule has 0 aliphatic carbocycles. The highest BCUT2D eigenvalue weighted by Gasteiger charge is 2.44. The molecule has 0 fully saturated rings. The molecule has 3 aromatic heterocycles. The molecule has 6 aliphatic rings. The van der Waals surface area contributed by atoms with E-state index < -0.39 is 0 Å². The SMILES string of the molecule is c1cc(-c2cc3c4c(c2)Oc2ccccc2B4c2ccccc2O3)cc(-c2ccc3sc4ccccc4c3c2)c1.c1cc(-c2cc3c4c(c2)Oc2ccccc2B4c2ccccc2O3)cc(-c2cccc3c2sc2ccccc23)c1.c1ccc2c(c1)Oc1cc(-c3ccc(-c4ccc5sc6ccccc6c5c4)cc3)cc3c1B2c1ccccc1O3. The van der Waals surface area contributed by atoms with Crippen LogP contribution in [0.2, 0.25) is 0 Å². The van der Waals surface area contributed by atoms with E-state index in [1.165, 1.54) is 127 Å². The monoisotopic (exact) mass is 1580 g/mol. The van der Waals surface area contributed by atoms with Gasteiger partial charge in [-0.15, -0.1) is 34.0 Å². The fraction of sp³-hybridized carbons (Fsp3) is 0. The lowest BCUT2D eigenvalue weighted by Gasteiger charge is -2.33. The summed E-state index contributed by atoms with van der Waals surface area (Å²) in [6, 6.07) is 136. The van der Waals surface area contributed by atoms with E-state index in [2.05, 4.69) is 346 Å². The smallest absolute Gasteiger partial charge is 0.260 e. The van der Waals surface area contributed by atoms with Crippen LogP contribution in [0.15, 0.2) is 382 Å². The van der Waals surface area contributed by atoms with Crippen LogP contribution in [-0.4, -0.2) is 20.1 Å². The summed E-state index contributed by atoms with van der Waals surface area (Å²) >= 11 is 5.57. The topological polar surface area (TPSA) is 55.4 Å². The van der Waals surface area contributed by atoms with E-state index in [1.807, 2.05) is 70.4 Å². The van der Waals surface area contributed by atoms with E-state index in [0.29, 0.717) is 0 Å². The second kappa shape index (κ2) is 27.6. The first-order chi connectivity index (χ1) is 59.4. The summed E-state index contributed by atoms with van der Waals surface area (Å²) in [5.41, 5.74) is 24.3. The van der Waals surface area contributed by atoms with E-state index in [0.717, 1.165) is 119 Å². The molecular formula is C108H63B3O6S3. The highest BCUT2D eigenvalue weighted by atomic mass is 32.1. The second-order valence-corrected chi connectivity index (χ2v) is 34.7. The molecule has 12 heteroatoms. The molecule has 0 saturated carbocycles. The highest BCUT2D eigenvalue weighted by Crippen LogP contribution is 2.47. The summed E-state index contributed by atoms with van der Waals surface area (Å²) < 4.78 is 47.0. The zero-order chi connectivity index (χ0) is 78.6. The van der Waals surface area contributed by atoms with Crippen LogP contribution in [0.5, 0.6) is 69.0 Å². The number of para-hydroxylation sites is 6. The van der Waals surface area contributed by atoms with Gasteiger partial charge in [0.05, 0.1) is 0 Å². The molecule has 0 N–H and O–H groups in total. The summed E-state index contributed by atoms with van der Waals surface area (Å²) in [6.45, 7) is 0.276. The molecule has 0 atom stereocenters. The molecule has 6 aliphatic heterocycles. The Hall–Kier alpha value is -14.4. The predicted octanol–water partition coefficient (Wildman–Crippen LogP) is 24.3. The van der Waals surface area contributed by atoms with Gasteiger partial charge >= 0.3 is 0 Å². The number of rotatable bonds is 6. The van der Waals surface area contributed by atoms with Gasteiger partial charge in [-0.05, 0) is 227 Å². The average Bonchev–Trinajstić information content (AvgIpc) is 0.834. The van der Waals surface area contributed by atoms with Gasteiger partial charge < -0.3 is 28.4 Å². The number of benzene rings is 18. The lowest BCUT2D eigenvalue weighted by Crippen LogP contribution is -2.57. The van der Waals surface area contributed by atoms with Crippen LogP contribution in [0.25, 0.3) is 127 Å². The molecule has 0 radical (unpaired) electrons. The Morgan fingerprint density at radius 2 is 0.417 bits per heavy atom. The average molecular weight is 1590 g/mol. The molecule has 27 rings (SSSR count). The summed E-state index contributed by atoms with van der Waals surface area (Å²) in [4.78, 5) is 0. The van der Waals surface area contributed by atoms with Crippen molar-refractivity contribution in [1.29, 1.82) is 0 Å². The van der Waals surface area contributed by atoms with Gasteiger partial charge in [0.1, 0.15) is 69.0 Å². The van der Waals surface area contributed by atoms with Crippen LogP contribution < -0.4 is 77.6 Å². The van der Waals surface area contributed by atoms with Crippen molar-refractivity contribution in [3.8, 4) is 136 Å². The van der Waals surface area contributed by atoms with Gasteiger partial charge in [-0.25, -0.2) is 0 Å². The Morgan fingerprint density at radius 1 is 0.158 bits per heavy atom. The van der Waals surface area contributed by atoms with Crippen molar-refractivity contribution < 1.29 is 28.4 Å². The van der Waals surface area contributed by atoms with Crippen molar-refractivity contribution in [1.82, 2.24) is 0 Å². The van der Waals surface area contributed by atoms with E-state index in [1.54, 1.807) is 0 Å². The quantitative estimate of drug-likeness (QED) is 0.155.